The molecule has 3 aromatic rings. The van der Waals surface area contributed by atoms with Gasteiger partial charge in [-0.1, -0.05) is 25.4 Å². The van der Waals surface area contributed by atoms with Crippen LogP contribution in [-0.2, 0) is 17.4 Å². The van der Waals surface area contributed by atoms with Crippen molar-refractivity contribution in [2.45, 2.75) is 51.9 Å². The highest BCUT2D eigenvalue weighted by molar-refractivity contribution is 6.31. The molecule has 5 rings (SSSR count). The topological polar surface area (TPSA) is 87.5 Å². The van der Waals surface area contributed by atoms with Gasteiger partial charge in [-0.25, -0.2) is 4.68 Å². The van der Waals surface area contributed by atoms with E-state index in [2.05, 4.69) is 24.3 Å². The second-order valence-corrected chi connectivity index (χ2v) is 11.7. The average molecular weight is 602 g/mol. The maximum absolute atomic E-state index is 14.2. The number of nitrogens with zero attached hydrogens (tertiary/aromatic N) is 4. The van der Waals surface area contributed by atoms with E-state index in [1.807, 2.05) is 0 Å². The first-order chi connectivity index (χ1) is 19.8. The molecule has 2 aromatic carbocycles. The van der Waals surface area contributed by atoms with Crippen molar-refractivity contribution >= 4 is 40.8 Å². The van der Waals surface area contributed by atoms with Gasteiger partial charge in [0.25, 0.3) is 11.8 Å². The molecule has 3 atom stereocenters. The zero-order valence-corrected chi connectivity index (χ0v) is 24.3. The van der Waals surface area contributed by atoms with E-state index in [1.54, 1.807) is 54.0 Å². The van der Waals surface area contributed by atoms with Crippen molar-refractivity contribution in [2.75, 3.05) is 18.5 Å². The Bertz CT molecular complexity index is 1540. The smallest absolute Gasteiger partial charge is 0.355 e. The number of carbonyl (C=O) groups is 3. The van der Waals surface area contributed by atoms with Crippen molar-refractivity contribution in [2.24, 2.45) is 11.8 Å². The van der Waals surface area contributed by atoms with E-state index in [0.717, 1.165) is 17.7 Å². The van der Waals surface area contributed by atoms with Gasteiger partial charge in [-0.2, -0.15) is 18.3 Å². The van der Waals surface area contributed by atoms with Crippen molar-refractivity contribution < 1.29 is 27.6 Å². The Hall–Kier alpha value is -3.86. The lowest BCUT2D eigenvalue weighted by Gasteiger charge is -2.47. The molecule has 42 heavy (non-hydrogen) atoms. The van der Waals surface area contributed by atoms with Gasteiger partial charge in [0.15, 0.2) is 0 Å². The van der Waals surface area contributed by atoms with Crippen LogP contribution < -0.4 is 10.2 Å². The molecule has 0 bridgehead atoms. The summed E-state index contributed by atoms with van der Waals surface area (Å²) in [6.07, 6.45) is -2.03. The highest BCUT2D eigenvalue weighted by Gasteiger charge is 2.48. The van der Waals surface area contributed by atoms with Gasteiger partial charge in [-0.15, -0.1) is 0 Å². The maximum atomic E-state index is 14.2. The third-order valence-electron chi connectivity index (χ3n) is 7.90. The lowest BCUT2D eigenvalue weighted by molar-refractivity contribution is -0.137. The molecular formula is C30H31ClF3N5O3. The molecular weight excluding hydrogens is 571 g/mol. The third kappa shape index (κ3) is 5.26. The Balaban J connectivity index is 1.53. The second-order valence-electron chi connectivity index (χ2n) is 11.2. The van der Waals surface area contributed by atoms with Gasteiger partial charge in [0.05, 0.1) is 34.4 Å². The fourth-order valence-electron chi connectivity index (χ4n) is 5.89. The summed E-state index contributed by atoms with van der Waals surface area (Å²) in [5, 5.41) is 6.77. The van der Waals surface area contributed by atoms with Crippen LogP contribution in [0.1, 0.15) is 65.1 Å². The number of anilines is 2. The van der Waals surface area contributed by atoms with Gasteiger partial charge in [0, 0.05) is 36.3 Å². The minimum absolute atomic E-state index is 0.0969. The van der Waals surface area contributed by atoms with Crippen LogP contribution in [0.4, 0.5) is 24.7 Å². The van der Waals surface area contributed by atoms with E-state index in [4.69, 9.17) is 11.6 Å². The van der Waals surface area contributed by atoms with Crippen molar-refractivity contribution in [3.63, 3.8) is 0 Å². The van der Waals surface area contributed by atoms with Crippen LogP contribution in [0.25, 0.3) is 0 Å². The fraction of sp³-hybridized carbons (Fsp3) is 0.400. The second kappa shape index (κ2) is 11.1. The van der Waals surface area contributed by atoms with Crippen molar-refractivity contribution in [1.29, 1.82) is 0 Å². The summed E-state index contributed by atoms with van der Waals surface area (Å²) in [7, 11) is 1.54. The van der Waals surface area contributed by atoms with Crippen LogP contribution in [0.15, 0.2) is 48.7 Å². The number of likely N-dealkylation sites (tertiary alicyclic amines) is 1. The number of aromatic nitrogens is 2. The van der Waals surface area contributed by atoms with Gasteiger partial charge in [-0.3, -0.25) is 19.3 Å². The molecule has 1 saturated heterocycles. The van der Waals surface area contributed by atoms with Crippen LogP contribution in [-0.4, -0.2) is 52.0 Å². The van der Waals surface area contributed by atoms with E-state index >= 15 is 0 Å². The molecule has 0 radical (unpaired) electrons. The van der Waals surface area contributed by atoms with Crippen molar-refractivity contribution in [3.8, 4) is 0 Å². The highest BCUT2D eigenvalue weighted by Crippen LogP contribution is 2.45. The number of hydrogen-bond acceptors (Lipinski definition) is 4. The molecule has 1 aromatic heterocycles. The Morgan fingerprint density at radius 3 is 2.40 bits per heavy atom. The van der Waals surface area contributed by atoms with Crippen molar-refractivity contribution in [1.82, 2.24) is 20.0 Å². The van der Waals surface area contributed by atoms with E-state index in [1.165, 1.54) is 11.0 Å². The first-order valence-electron chi connectivity index (χ1n) is 13.7. The largest absolute Gasteiger partial charge is 0.417 e. The predicted molar refractivity (Wildman–Crippen MR) is 152 cm³/mol. The van der Waals surface area contributed by atoms with Crippen molar-refractivity contribution in [3.05, 3.63) is 75.9 Å². The Morgan fingerprint density at radius 2 is 1.79 bits per heavy atom. The molecule has 2 aliphatic heterocycles. The molecule has 3 heterocycles. The number of carbonyl (C=O) groups excluding carboxylic acids is 3. The first-order valence-corrected chi connectivity index (χ1v) is 14.1. The van der Waals surface area contributed by atoms with Gasteiger partial charge in [0.1, 0.15) is 5.82 Å². The lowest BCUT2D eigenvalue weighted by Crippen LogP contribution is -2.56. The number of rotatable bonds is 5. The molecule has 2 unspecified atom stereocenters. The Kier molecular flexibility index (Phi) is 7.82. The molecule has 2 aliphatic rings. The number of piperidine rings is 1. The van der Waals surface area contributed by atoms with Gasteiger partial charge in [-0.05, 0) is 68.1 Å². The number of alkyl halides is 3. The summed E-state index contributed by atoms with van der Waals surface area (Å²) < 4.78 is 42.3. The normalized spacial score (nSPS) is 20.4. The average Bonchev–Trinajstić information content (AvgIpc) is 3.34. The zero-order valence-electron chi connectivity index (χ0n) is 23.6. The number of amides is 3. The SMILES string of the molecule is CNC(=O)c1ccc(N2C(=O)C3C[C@H](C)N(C(=O)c4ccc(Cl)c(C(F)(F)F)c4)CC3n3ncc(CC(C)C)c32)cc1. The quantitative estimate of drug-likeness (QED) is 0.395. The van der Waals surface area contributed by atoms with Crippen LogP contribution in [0, 0.1) is 11.8 Å². The van der Waals surface area contributed by atoms with E-state index in [9.17, 15) is 27.6 Å². The predicted octanol–water partition coefficient (Wildman–Crippen LogP) is 5.88. The summed E-state index contributed by atoms with van der Waals surface area (Å²) in [4.78, 5) is 43.0. The lowest BCUT2D eigenvalue weighted by atomic mass is 9.84. The monoisotopic (exact) mass is 601 g/mol. The van der Waals surface area contributed by atoms with Crippen LogP contribution in [0.3, 0.4) is 0 Å². The highest BCUT2D eigenvalue weighted by atomic mass is 35.5. The summed E-state index contributed by atoms with van der Waals surface area (Å²) in [5.41, 5.74) is 0.700. The molecule has 0 saturated carbocycles. The number of hydrogen-bond donors (Lipinski definition) is 1. The third-order valence-corrected chi connectivity index (χ3v) is 8.23. The fourth-order valence-corrected chi connectivity index (χ4v) is 6.11. The zero-order chi connectivity index (χ0) is 30.5. The van der Waals surface area contributed by atoms with E-state index in [-0.39, 0.29) is 29.8 Å². The summed E-state index contributed by atoms with van der Waals surface area (Å²) >= 11 is 5.78. The van der Waals surface area contributed by atoms with E-state index in [0.29, 0.717) is 29.9 Å². The molecule has 0 spiro atoms. The summed E-state index contributed by atoms with van der Waals surface area (Å²) in [6.45, 7) is 6.00. The first kappa shape index (κ1) is 29.6. The Labute approximate surface area is 246 Å². The number of halogens is 4. The molecule has 3 amide bonds. The molecule has 222 valence electrons. The van der Waals surface area contributed by atoms with Gasteiger partial charge >= 0.3 is 6.18 Å². The number of fused-ring (bicyclic) bond motifs is 3. The summed E-state index contributed by atoms with van der Waals surface area (Å²) in [5.74, 6) is -0.643. The minimum atomic E-state index is -4.71. The van der Waals surface area contributed by atoms with Crippen LogP contribution in [0.5, 0.6) is 0 Å². The minimum Gasteiger partial charge on any atom is -0.355 e. The van der Waals surface area contributed by atoms with Gasteiger partial charge in [0.2, 0.25) is 5.91 Å². The van der Waals surface area contributed by atoms with Crippen LogP contribution >= 0.6 is 11.6 Å². The molecule has 12 heteroatoms. The van der Waals surface area contributed by atoms with Crippen LogP contribution in [0.2, 0.25) is 5.02 Å². The number of benzene rings is 2. The van der Waals surface area contributed by atoms with E-state index < -0.39 is 40.7 Å². The Morgan fingerprint density at radius 1 is 1.12 bits per heavy atom. The number of nitrogens with one attached hydrogen (secondary N) is 1. The summed E-state index contributed by atoms with van der Waals surface area (Å²) in [6, 6.07) is 8.95. The molecule has 1 fully saturated rings. The molecule has 8 nitrogen and oxygen atoms in total. The standard InChI is InChI=1S/C30H31ClF3N5O3/c1-16(2)11-20-14-36-39-25-15-37(28(41)19-7-10-24(31)23(13-19)30(32,33)34)17(3)12-22(25)29(42)38(27(20)39)21-8-5-18(6-9-21)26(40)35-4/h5-10,13-14,16-17,22,25H,11-12,15H2,1-4H3,(H,35,40)/t17-,22?,25?/m0/s1. The molecule has 0 aliphatic carbocycles. The molecule has 1 N–H and O–H groups in total. The maximum Gasteiger partial charge on any atom is 0.417 e. The van der Waals surface area contributed by atoms with Gasteiger partial charge < -0.3 is 10.2 Å².